The van der Waals surface area contributed by atoms with E-state index in [1.54, 1.807) is 24.3 Å². The molecule has 2 aromatic rings. The highest BCUT2D eigenvalue weighted by atomic mass is 16.6. The number of rotatable bonds is 7. The van der Waals surface area contributed by atoms with Crippen LogP contribution in [0.4, 0.5) is 5.69 Å². The molecule has 0 unspecified atom stereocenters. The molecular formula is C18H17NO5. The summed E-state index contributed by atoms with van der Waals surface area (Å²) in [5.41, 5.74) is 0.698. The van der Waals surface area contributed by atoms with Gasteiger partial charge in [-0.25, -0.2) is 4.79 Å². The van der Waals surface area contributed by atoms with Gasteiger partial charge in [0.2, 0.25) is 0 Å². The molecule has 0 spiro atoms. The predicted molar refractivity (Wildman–Crippen MR) is 88.4 cm³/mol. The number of hydrogen-bond acceptors (Lipinski definition) is 5. The summed E-state index contributed by atoms with van der Waals surface area (Å²) in [5, 5.41) is 10.6. The lowest BCUT2D eigenvalue weighted by molar-refractivity contribution is -0.384. The first-order valence-electron chi connectivity index (χ1n) is 7.61. The molecule has 0 amide bonds. The normalized spacial score (nSPS) is 10.2. The summed E-state index contributed by atoms with van der Waals surface area (Å²) in [7, 11) is 0. The van der Waals surface area contributed by atoms with E-state index in [2.05, 4.69) is 0 Å². The quantitative estimate of drug-likeness (QED) is 0.250. The second-order valence-electron chi connectivity index (χ2n) is 5.24. The van der Waals surface area contributed by atoms with Crippen molar-refractivity contribution in [3.8, 4) is 5.75 Å². The van der Waals surface area contributed by atoms with Crippen molar-refractivity contribution in [3.63, 3.8) is 0 Å². The zero-order valence-corrected chi connectivity index (χ0v) is 13.2. The Balaban J connectivity index is 2.01. The SMILES string of the molecule is CCCCC(=O)c1ccc(OC(=O)c2ccc([N+](=O)[O-])cc2)cc1. The van der Waals surface area contributed by atoms with E-state index >= 15 is 0 Å². The Labute approximate surface area is 139 Å². The van der Waals surface area contributed by atoms with Crippen LogP contribution in [0.25, 0.3) is 0 Å². The summed E-state index contributed by atoms with van der Waals surface area (Å²) in [6, 6.07) is 11.5. The molecule has 2 rings (SSSR count). The van der Waals surface area contributed by atoms with Crippen LogP contribution in [0.3, 0.4) is 0 Å². The zero-order chi connectivity index (χ0) is 17.5. The van der Waals surface area contributed by atoms with Gasteiger partial charge < -0.3 is 4.74 Å². The largest absolute Gasteiger partial charge is 0.423 e. The number of ether oxygens (including phenoxy) is 1. The van der Waals surface area contributed by atoms with Crippen LogP contribution in [0.5, 0.6) is 5.75 Å². The van der Waals surface area contributed by atoms with Crippen LogP contribution in [-0.4, -0.2) is 16.7 Å². The molecule has 6 nitrogen and oxygen atoms in total. The minimum absolute atomic E-state index is 0.0603. The number of hydrogen-bond donors (Lipinski definition) is 0. The second-order valence-corrected chi connectivity index (χ2v) is 5.24. The van der Waals surface area contributed by atoms with Gasteiger partial charge in [0.25, 0.3) is 5.69 Å². The number of non-ortho nitro benzene ring substituents is 1. The molecule has 0 aromatic heterocycles. The van der Waals surface area contributed by atoms with Gasteiger partial charge in [0.05, 0.1) is 10.5 Å². The molecule has 124 valence electrons. The lowest BCUT2D eigenvalue weighted by Gasteiger charge is -2.05. The number of ketones is 1. The third-order valence-corrected chi connectivity index (χ3v) is 3.46. The van der Waals surface area contributed by atoms with E-state index in [4.69, 9.17) is 4.74 Å². The molecule has 0 atom stereocenters. The Hall–Kier alpha value is -3.02. The minimum Gasteiger partial charge on any atom is -0.423 e. The van der Waals surface area contributed by atoms with E-state index in [1.807, 2.05) is 6.92 Å². The summed E-state index contributed by atoms with van der Waals surface area (Å²) in [4.78, 5) is 33.9. The van der Waals surface area contributed by atoms with E-state index in [9.17, 15) is 19.7 Å². The Kier molecular flexibility index (Phi) is 5.78. The summed E-state index contributed by atoms with van der Waals surface area (Å²) >= 11 is 0. The molecule has 0 N–H and O–H groups in total. The number of nitro groups is 1. The first kappa shape index (κ1) is 17.3. The van der Waals surface area contributed by atoms with Crippen molar-refractivity contribution in [1.82, 2.24) is 0 Å². The maximum absolute atomic E-state index is 12.0. The molecule has 6 heteroatoms. The average Bonchev–Trinajstić information content (AvgIpc) is 2.60. The first-order valence-corrected chi connectivity index (χ1v) is 7.61. The fraction of sp³-hybridized carbons (Fsp3) is 0.222. The van der Waals surface area contributed by atoms with Gasteiger partial charge in [0.1, 0.15) is 5.75 Å². The molecule has 0 fully saturated rings. The van der Waals surface area contributed by atoms with Gasteiger partial charge in [-0.15, -0.1) is 0 Å². The van der Waals surface area contributed by atoms with Crippen molar-refractivity contribution in [2.45, 2.75) is 26.2 Å². The fourth-order valence-corrected chi connectivity index (χ4v) is 2.08. The van der Waals surface area contributed by atoms with Crippen LogP contribution in [0.15, 0.2) is 48.5 Å². The van der Waals surface area contributed by atoms with Crippen LogP contribution in [0.1, 0.15) is 46.9 Å². The number of esters is 1. The van der Waals surface area contributed by atoms with Gasteiger partial charge in [0.15, 0.2) is 5.78 Å². The second kappa shape index (κ2) is 8.01. The molecule has 2 aromatic carbocycles. The highest BCUT2D eigenvalue weighted by Crippen LogP contribution is 2.17. The summed E-state index contributed by atoms with van der Waals surface area (Å²) in [5.74, 6) is -0.245. The molecule has 0 radical (unpaired) electrons. The van der Waals surface area contributed by atoms with Gasteiger partial charge in [0, 0.05) is 24.1 Å². The highest BCUT2D eigenvalue weighted by Gasteiger charge is 2.12. The number of carbonyl (C=O) groups excluding carboxylic acids is 2. The van der Waals surface area contributed by atoms with Crippen molar-refractivity contribution in [1.29, 1.82) is 0 Å². The maximum Gasteiger partial charge on any atom is 0.343 e. The molecule has 0 aliphatic rings. The Morgan fingerprint density at radius 3 is 2.12 bits per heavy atom. The van der Waals surface area contributed by atoms with Gasteiger partial charge in [-0.1, -0.05) is 13.3 Å². The summed E-state index contributed by atoms with van der Waals surface area (Å²) < 4.78 is 5.20. The molecule has 0 saturated heterocycles. The van der Waals surface area contributed by atoms with E-state index in [1.165, 1.54) is 24.3 Å². The summed E-state index contributed by atoms with van der Waals surface area (Å²) in [6.07, 6.45) is 2.30. The van der Waals surface area contributed by atoms with Gasteiger partial charge in [-0.3, -0.25) is 14.9 Å². The van der Waals surface area contributed by atoms with Gasteiger partial charge >= 0.3 is 5.97 Å². The first-order chi connectivity index (χ1) is 11.5. The van der Waals surface area contributed by atoms with Crippen LogP contribution >= 0.6 is 0 Å². The number of Topliss-reactive ketones (excluding diaryl/α,β-unsaturated/α-hetero) is 1. The van der Waals surface area contributed by atoms with E-state index in [0.717, 1.165) is 12.8 Å². The Bertz CT molecular complexity index is 735. The maximum atomic E-state index is 12.0. The molecule has 0 saturated carbocycles. The fourth-order valence-electron chi connectivity index (χ4n) is 2.08. The zero-order valence-electron chi connectivity index (χ0n) is 13.2. The van der Waals surface area contributed by atoms with Crippen LogP contribution < -0.4 is 4.74 Å². The van der Waals surface area contributed by atoms with Crippen molar-refractivity contribution >= 4 is 17.4 Å². The minimum atomic E-state index is -0.616. The monoisotopic (exact) mass is 327 g/mol. The van der Waals surface area contributed by atoms with Crippen molar-refractivity contribution in [2.24, 2.45) is 0 Å². The van der Waals surface area contributed by atoms with Crippen LogP contribution in [0.2, 0.25) is 0 Å². The lowest BCUT2D eigenvalue weighted by atomic mass is 10.1. The smallest absolute Gasteiger partial charge is 0.343 e. The van der Waals surface area contributed by atoms with Crippen molar-refractivity contribution in [2.75, 3.05) is 0 Å². The van der Waals surface area contributed by atoms with Gasteiger partial charge in [-0.05, 0) is 42.8 Å². The number of nitrogens with zero attached hydrogens (tertiary/aromatic N) is 1. The molecule has 0 aliphatic carbocycles. The van der Waals surface area contributed by atoms with E-state index in [-0.39, 0.29) is 17.0 Å². The Morgan fingerprint density at radius 1 is 1.00 bits per heavy atom. The van der Waals surface area contributed by atoms with Crippen LogP contribution in [0, 0.1) is 10.1 Å². The molecular weight excluding hydrogens is 310 g/mol. The lowest BCUT2D eigenvalue weighted by Crippen LogP contribution is -2.08. The van der Waals surface area contributed by atoms with Gasteiger partial charge in [-0.2, -0.15) is 0 Å². The van der Waals surface area contributed by atoms with Crippen LogP contribution in [-0.2, 0) is 0 Å². The molecule has 0 bridgehead atoms. The standard InChI is InChI=1S/C18H17NO5/c1-2-3-4-17(20)13-7-11-16(12-8-13)24-18(21)14-5-9-15(10-6-14)19(22)23/h5-12H,2-4H2,1H3. The number of nitro benzene ring substituents is 1. The number of benzene rings is 2. The van der Waals surface area contributed by atoms with E-state index in [0.29, 0.717) is 17.7 Å². The number of unbranched alkanes of at least 4 members (excludes halogenated alkanes) is 1. The third kappa shape index (κ3) is 4.49. The van der Waals surface area contributed by atoms with Crippen molar-refractivity contribution in [3.05, 3.63) is 69.8 Å². The summed E-state index contributed by atoms with van der Waals surface area (Å²) in [6.45, 7) is 2.02. The Morgan fingerprint density at radius 2 is 1.58 bits per heavy atom. The van der Waals surface area contributed by atoms with E-state index < -0.39 is 10.9 Å². The third-order valence-electron chi connectivity index (χ3n) is 3.46. The van der Waals surface area contributed by atoms with Crippen molar-refractivity contribution < 1.29 is 19.2 Å². The number of carbonyl (C=O) groups is 2. The topological polar surface area (TPSA) is 86.5 Å². The predicted octanol–water partition coefficient (Wildman–Crippen LogP) is 4.19. The molecule has 0 heterocycles. The molecule has 24 heavy (non-hydrogen) atoms. The average molecular weight is 327 g/mol. The molecule has 0 aliphatic heterocycles. The highest BCUT2D eigenvalue weighted by molar-refractivity contribution is 5.96.